The summed E-state index contributed by atoms with van der Waals surface area (Å²) in [6.45, 7) is 3.74. The lowest BCUT2D eigenvalue weighted by molar-refractivity contribution is -0.120. The van der Waals surface area contributed by atoms with Gasteiger partial charge in [-0.1, -0.05) is 23.7 Å². The van der Waals surface area contributed by atoms with Gasteiger partial charge >= 0.3 is 0 Å². The lowest BCUT2D eigenvalue weighted by Crippen LogP contribution is -2.33. The Morgan fingerprint density at radius 3 is 2.33 bits per heavy atom. The molecule has 0 unspecified atom stereocenters. The lowest BCUT2D eigenvalue weighted by Gasteiger charge is -2.18. The van der Waals surface area contributed by atoms with Crippen molar-refractivity contribution in [1.82, 2.24) is 0 Å². The molecule has 122 valence electrons. The van der Waals surface area contributed by atoms with Crippen LogP contribution < -0.4 is 10.2 Å². The number of benzene rings is 2. The van der Waals surface area contributed by atoms with Crippen LogP contribution in [-0.2, 0) is 9.59 Å². The molecule has 0 saturated carbocycles. The van der Waals surface area contributed by atoms with Crippen molar-refractivity contribution in [2.24, 2.45) is 0 Å². The molecule has 0 spiro atoms. The summed E-state index contributed by atoms with van der Waals surface area (Å²) < 4.78 is 13.0. The molecule has 0 fully saturated rings. The number of amides is 2. The van der Waals surface area contributed by atoms with Gasteiger partial charge < -0.3 is 5.32 Å². The molecule has 4 nitrogen and oxygen atoms in total. The van der Waals surface area contributed by atoms with E-state index in [-0.39, 0.29) is 10.7 Å². The van der Waals surface area contributed by atoms with Gasteiger partial charge in [0.2, 0.25) is 0 Å². The van der Waals surface area contributed by atoms with Gasteiger partial charge in [0.15, 0.2) is 0 Å². The van der Waals surface area contributed by atoms with Gasteiger partial charge in [-0.25, -0.2) is 9.29 Å². The summed E-state index contributed by atoms with van der Waals surface area (Å²) in [6, 6.07) is 10.8. The zero-order valence-electron chi connectivity index (χ0n) is 13.1. The minimum absolute atomic E-state index is 0.0193. The molecule has 0 atom stereocenters. The summed E-state index contributed by atoms with van der Waals surface area (Å²) >= 11 is 6.07. The third kappa shape index (κ3) is 2.67. The molecule has 0 aliphatic carbocycles. The smallest absolute Gasteiger partial charge is 0.283 e. The fraction of sp³-hybridized carbons (Fsp3) is 0.111. The van der Waals surface area contributed by atoms with E-state index in [0.29, 0.717) is 11.4 Å². The number of aryl methyl sites for hydroxylation is 1. The maximum absolute atomic E-state index is 13.0. The van der Waals surface area contributed by atoms with E-state index in [0.717, 1.165) is 16.0 Å². The maximum Gasteiger partial charge on any atom is 0.283 e. The summed E-state index contributed by atoms with van der Waals surface area (Å²) in [4.78, 5) is 26.2. The second-order valence-corrected chi connectivity index (χ2v) is 5.86. The van der Waals surface area contributed by atoms with Crippen LogP contribution in [0.4, 0.5) is 15.8 Å². The van der Waals surface area contributed by atoms with Crippen LogP contribution in [0.1, 0.15) is 11.1 Å². The van der Waals surface area contributed by atoms with Crippen molar-refractivity contribution >= 4 is 34.8 Å². The molecule has 2 aromatic carbocycles. The largest absolute Gasteiger partial charge is 0.350 e. The summed E-state index contributed by atoms with van der Waals surface area (Å²) in [5.41, 5.74) is 2.73. The second-order valence-electron chi connectivity index (χ2n) is 5.49. The van der Waals surface area contributed by atoms with Crippen molar-refractivity contribution in [2.75, 3.05) is 10.2 Å². The van der Waals surface area contributed by atoms with E-state index in [1.807, 2.05) is 19.9 Å². The Morgan fingerprint density at radius 1 is 1.00 bits per heavy atom. The Balaban J connectivity index is 1.95. The fourth-order valence-corrected chi connectivity index (χ4v) is 2.70. The van der Waals surface area contributed by atoms with E-state index < -0.39 is 17.6 Å². The highest BCUT2D eigenvalue weighted by molar-refractivity contribution is 6.53. The number of hydrogen-bond acceptors (Lipinski definition) is 3. The number of rotatable bonds is 3. The second kappa shape index (κ2) is 6.09. The van der Waals surface area contributed by atoms with Crippen molar-refractivity contribution in [3.63, 3.8) is 0 Å². The van der Waals surface area contributed by atoms with E-state index in [2.05, 4.69) is 5.32 Å². The molecule has 0 aromatic heterocycles. The van der Waals surface area contributed by atoms with Crippen molar-refractivity contribution in [1.29, 1.82) is 0 Å². The van der Waals surface area contributed by atoms with E-state index in [4.69, 9.17) is 11.6 Å². The van der Waals surface area contributed by atoms with E-state index in [9.17, 15) is 14.0 Å². The summed E-state index contributed by atoms with van der Waals surface area (Å²) in [5, 5.41) is 2.61. The standard InChI is InChI=1S/C18H14ClFN2O2/c1-10-4-3-5-14(11(10)2)22-17(23)15(19)16(18(22)24)21-13-8-6-12(20)7-9-13/h3-9,21H,1-2H3. The molecule has 6 heteroatoms. The van der Waals surface area contributed by atoms with Crippen LogP contribution >= 0.6 is 11.6 Å². The Morgan fingerprint density at radius 2 is 1.67 bits per heavy atom. The lowest BCUT2D eigenvalue weighted by atomic mass is 10.1. The Hall–Kier alpha value is -2.66. The maximum atomic E-state index is 13.0. The number of halogens is 2. The zero-order chi connectivity index (χ0) is 17.4. The minimum Gasteiger partial charge on any atom is -0.350 e. The molecule has 1 heterocycles. The highest BCUT2D eigenvalue weighted by Crippen LogP contribution is 2.32. The van der Waals surface area contributed by atoms with Gasteiger partial charge in [-0.3, -0.25) is 9.59 Å². The van der Waals surface area contributed by atoms with Crippen LogP contribution in [0.3, 0.4) is 0 Å². The number of hydrogen-bond donors (Lipinski definition) is 1. The highest BCUT2D eigenvalue weighted by atomic mass is 35.5. The molecule has 1 aliphatic heterocycles. The summed E-state index contributed by atoms with van der Waals surface area (Å²) in [6.07, 6.45) is 0. The van der Waals surface area contributed by atoms with Crippen molar-refractivity contribution in [3.05, 3.63) is 70.1 Å². The van der Waals surface area contributed by atoms with Crippen LogP contribution in [0.25, 0.3) is 0 Å². The molecular formula is C18H14ClFN2O2. The molecule has 2 amide bonds. The normalized spacial score (nSPS) is 14.6. The van der Waals surface area contributed by atoms with E-state index in [1.54, 1.807) is 12.1 Å². The Kier molecular flexibility index (Phi) is 4.11. The van der Waals surface area contributed by atoms with Gasteiger partial charge in [-0.2, -0.15) is 0 Å². The molecule has 3 rings (SSSR count). The monoisotopic (exact) mass is 344 g/mol. The number of imide groups is 1. The van der Waals surface area contributed by atoms with Crippen LogP contribution in [0.2, 0.25) is 0 Å². The topological polar surface area (TPSA) is 49.4 Å². The van der Waals surface area contributed by atoms with Crippen molar-refractivity contribution in [3.8, 4) is 0 Å². The van der Waals surface area contributed by atoms with Gasteiger partial charge in [-0.05, 0) is 55.3 Å². The molecule has 0 bridgehead atoms. The first-order valence-electron chi connectivity index (χ1n) is 7.27. The number of nitrogens with one attached hydrogen (secondary N) is 1. The van der Waals surface area contributed by atoms with Gasteiger partial charge in [-0.15, -0.1) is 0 Å². The number of carbonyl (C=O) groups excluding carboxylic acids is 2. The molecule has 1 aliphatic rings. The van der Waals surface area contributed by atoms with Crippen molar-refractivity contribution in [2.45, 2.75) is 13.8 Å². The molecule has 0 saturated heterocycles. The molecule has 2 aromatic rings. The quantitative estimate of drug-likeness (QED) is 0.860. The molecule has 1 N–H and O–H groups in total. The van der Waals surface area contributed by atoms with Gasteiger partial charge in [0.1, 0.15) is 16.5 Å². The summed E-state index contributed by atoms with van der Waals surface area (Å²) in [5.74, 6) is -1.52. The molecule has 24 heavy (non-hydrogen) atoms. The first-order chi connectivity index (χ1) is 11.4. The number of nitrogens with zero attached hydrogens (tertiary/aromatic N) is 1. The number of anilines is 2. The number of carbonyl (C=O) groups is 2. The third-order valence-corrected chi connectivity index (χ3v) is 4.31. The first-order valence-corrected chi connectivity index (χ1v) is 7.65. The van der Waals surface area contributed by atoms with E-state index in [1.165, 1.54) is 24.3 Å². The third-order valence-electron chi connectivity index (χ3n) is 3.96. The van der Waals surface area contributed by atoms with Crippen LogP contribution in [0.5, 0.6) is 0 Å². The average Bonchev–Trinajstić information content (AvgIpc) is 2.76. The van der Waals surface area contributed by atoms with Gasteiger partial charge in [0.05, 0.1) is 5.69 Å². The first kappa shape index (κ1) is 16.2. The fourth-order valence-electron chi connectivity index (χ4n) is 2.49. The SMILES string of the molecule is Cc1cccc(N2C(=O)C(Cl)=C(Nc3ccc(F)cc3)C2=O)c1C. The van der Waals surface area contributed by atoms with Crippen molar-refractivity contribution < 1.29 is 14.0 Å². The molecular weight excluding hydrogens is 331 g/mol. The van der Waals surface area contributed by atoms with Crippen LogP contribution in [0, 0.1) is 19.7 Å². The Bertz CT molecular complexity index is 875. The van der Waals surface area contributed by atoms with Gasteiger partial charge in [0.25, 0.3) is 11.8 Å². The van der Waals surface area contributed by atoms with E-state index >= 15 is 0 Å². The van der Waals surface area contributed by atoms with Crippen LogP contribution in [-0.4, -0.2) is 11.8 Å². The minimum atomic E-state index is -0.583. The van der Waals surface area contributed by atoms with Crippen LogP contribution in [0.15, 0.2) is 53.2 Å². The highest BCUT2D eigenvalue weighted by Gasteiger charge is 2.39. The van der Waals surface area contributed by atoms with Gasteiger partial charge in [0, 0.05) is 5.69 Å². The zero-order valence-corrected chi connectivity index (χ0v) is 13.8. The molecule has 0 radical (unpaired) electrons. The predicted octanol–water partition coefficient (Wildman–Crippen LogP) is 3.88. The Labute approximate surface area is 143 Å². The predicted molar refractivity (Wildman–Crippen MR) is 91.3 cm³/mol. The summed E-state index contributed by atoms with van der Waals surface area (Å²) in [7, 11) is 0. The average molecular weight is 345 g/mol.